The number of hydrogen-bond donors (Lipinski definition) is 0. The molecule has 0 spiro atoms. The van der Waals surface area contributed by atoms with E-state index in [0.717, 1.165) is 14.9 Å². The molecule has 1 aromatic carbocycles. The van der Waals surface area contributed by atoms with Crippen molar-refractivity contribution in [1.29, 1.82) is 0 Å². The highest BCUT2D eigenvalue weighted by Crippen LogP contribution is 2.28. The molecule has 108 valence electrons. The maximum Gasteiger partial charge on any atom is 0.252 e. The molecular formula is C14H16BrNO2S2. The van der Waals surface area contributed by atoms with Crippen LogP contribution in [-0.2, 0) is 16.6 Å². The predicted molar refractivity (Wildman–Crippen MR) is 86.6 cm³/mol. The van der Waals surface area contributed by atoms with Gasteiger partial charge in [0, 0.05) is 13.6 Å². The Labute approximate surface area is 132 Å². The second-order valence-electron chi connectivity index (χ2n) is 4.75. The van der Waals surface area contributed by atoms with E-state index >= 15 is 0 Å². The lowest BCUT2D eigenvalue weighted by atomic mass is 10.1. The van der Waals surface area contributed by atoms with Crippen LogP contribution in [0.3, 0.4) is 0 Å². The summed E-state index contributed by atoms with van der Waals surface area (Å²) in [5.74, 6) is 0. The molecule has 0 aliphatic heterocycles. The number of halogens is 1. The second-order valence-corrected chi connectivity index (χ2v) is 9.48. The molecular weight excluding hydrogens is 358 g/mol. The van der Waals surface area contributed by atoms with Crippen molar-refractivity contribution >= 4 is 37.3 Å². The number of thiophene rings is 1. The summed E-state index contributed by atoms with van der Waals surface area (Å²) in [5.41, 5.74) is 3.32. The Bertz CT molecular complexity index is 723. The van der Waals surface area contributed by atoms with Gasteiger partial charge in [-0.2, -0.15) is 4.31 Å². The van der Waals surface area contributed by atoms with E-state index in [1.54, 1.807) is 19.2 Å². The molecule has 0 amide bonds. The van der Waals surface area contributed by atoms with Gasteiger partial charge >= 0.3 is 0 Å². The van der Waals surface area contributed by atoms with Gasteiger partial charge in [-0.25, -0.2) is 8.42 Å². The van der Waals surface area contributed by atoms with Crippen LogP contribution in [-0.4, -0.2) is 19.8 Å². The number of benzene rings is 1. The largest absolute Gasteiger partial charge is 0.252 e. The van der Waals surface area contributed by atoms with Gasteiger partial charge in [-0.15, -0.1) is 11.3 Å². The van der Waals surface area contributed by atoms with Gasteiger partial charge in [0.2, 0.25) is 0 Å². The van der Waals surface area contributed by atoms with Crippen molar-refractivity contribution in [2.24, 2.45) is 0 Å². The highest BCUT2D eigenvalue weighted by molar-refractivity contribution is 9.11. The van der Waals surface area contributed by atoms with E-state index in [1.807, 2.05) is 26.0 Å². The van der Waals surface area contributed by atoms with Crippen molar-refractivity contribution in [1.82, 2.24) is 4.31 Å². The molecule has 2 rings (SSSR count). The van der Waals surface area contributed by atoms with Crippen LogP contribution in [0.2, 0.25) is 0 Å². The van der Waals surface area contributed by atoms with Crippen LogP contribution in [0, 0.1) is 13.8 Å². The summed E-state index contributed by atoms with van der Waals surface area (Å²) in [5, 5.41) is 0. The van der Waals surface area contributed by atoms with Crippen molar-refractivity contribution < 1.29 is 8.42 Å². The predicted octanol–water partition coefficient (Wildman–Crippen LogP) is 3.95. The van der Waals surface area contributed by atoms with Gasteiger partial charge in [0.1, 0.15) is 4.21 Å². The third-order valence-corrected chi connectivity index (χ3v) is 7.00. The fourth-order valence-electron chi connectivity index (χ4n) is 1.94. The van der Waals surface area contributed by atoms with Crippen LogP contribution < -0.4 is 0 Å². The number of rotatable bonds is 4. The molecule has 0 radical (unpaired) electrons. The van der Waals surface area contributed by atoms with Crippen molar-refractivity contribution in [2.75, 3.05) is 7.05 Å². The summed E-state index contributed by atoms with van der Waals surface area (Å²) >= 11 is 4.52. The van der Waals surface area contributed by atoms with E-state index in [-0.39, 0.29) is 0 Å². The summed E-state index contributed by atoms with van der Waals surface area (Å²) in [7, 11) is -1.81. The van der Waals surface area contributed by atoms with Crippen molar-refractivity contribution in [3.8, 4) is 0 Å². The third-order valence-electron chi connectivity index (χ3n) is 3.10. The van der Waals surface area contributed by atoms with Crippen LogP contribution in [0.4, 0.5) is 0 Å². The molecule has 0 saturated heterocycles. The Morgan fingerprint density at radius 3 is 2.45 bits per heavy atom. The Balaban J connectivity index is 2.25. The molecule has 0 saturated carbocycles. The Morgan fingerprint density at radius 1 is 1.20 bits per heavy atom. The summed E-state index contributed by atoms with van der Waals surface area (Å²) < 4.78 is 27.5. The molecule has 6 heteroatoms. The van der Waals surface area contributed by atoms with E-state index in [9.17, 15) is 8.42 Å². The van der Waals surface area contributed by atoms with Gasteiger partial charge < -0.3 is 0 Å². The zero-order valence-corrected chi connectivity index (χ0v) is 14.8. The summed E-state index contributed by atoms with van der Waals surface area (Å²) in [4.78, 5) is 0. The molecule has 1 heterocycles. The van der Waals surface area contributed by atoms with Gasteiger partial charge in [0.05, 0.1) is 3.79 Å². The fourth-order valence-corrected chi connectivity index (χ4v) is 5.31. The van der Waals surface area contributed by atoms with Gasteiger partial charge in [-0.05, 0) is 53.0 Å². The highest BCUT2D eigenvalue weighted by atomic mass is 79.9. The molecule has 0 aliphatic rings. The van der Waals surface area contributed by atoms with Gasteiger partial charge in [-0.1, -0.05) is 23.8 Å². The summed E-state index contributed by atoms with van der Waals surface area (Å²) in [6, 6.07) is 9.44. The van der Waals surface area contributed by atoms with E-state index in [0.29, 0.717) is 10.8 Å². The quantitative estimate of drug-likeness (QED) is 0.813. The van der Waals surface area contributed by atoms with Crippen molar-refractivity contribution in [3.63, 3.8) is 0 Å². The van der Waals surface area contributed by atoms with Crippen molar-refractivity contribution in [3.05, 3.63) is 50.8 Å². The summed E-state index contributed by atoms with van der Waals surface area (Å²) in [6.07, 6.45) is 0. The molecule has 0 N–H and O–H groups in total. The van der Waals surface area contributed by atoms with Gasteiger partial charge in [0.25, 0.3) is 10.0 Å². The zero-order chi connectivity index (χ0) is 14.9. The van der Waals surface area contributed by atoms with Gasteiger partial charge in [-0.3, -0.25) is 0 Å². The van der Waals surface area contributed by atoms with E-state index in [2.05, 4.69) is 22.0 Å². The molecule has 2 aromatic rings. The van der Waals surface area contributed by atoms with E-state index < -0.39 is 10.0 Å². The average molecular weight is 374 g/mol. The first-order valence-electron chi connectivity index (χ1n) is 6.08. The van der Waals surface area contributed by atoms with E-state index in [4.69, 9.17) is 0 Å². The van der Waals surface area contributed by atoms with Gasteiger partial charge in [0.15, 0.2) is 0 Å². The van der Waals surface area contributed by atoms with E-state index in [1.165, 1.54) is 21.2 Å². The molecule has 0 atom stereocenters. The smallest absolute Gasteiger partial charge is 0.206 e. The normalized spacial score (nSPS) is 12.1. The maximum atomic E-state index is 12.4. The Hall–Kier alpha value is -0.690. The van der Waals surface area contributed by atoms with Crippen LogP contribution in [0.15, 0.2) is 38.3 Å². The fraction of sp³-hybridized carbons (Fsp3) is 0.286. The lowest BCUT2D eigenvalue weighted by molar-refractivity contribution is 0.467. The molecule has 20 heavy (non-hydrogen) atoms. The first kappa shape index (κ1) is 15.7. The minimum atomic E-state index is -3.42. The molecule has 0 bridgehead atoms. The molecule has 0 aliphatic carbocycles. The first-order chi connectivity index (χ1) is 9.30. The lowest BCUT2D eigenvalue weighted by Crippen LogP contribution is -2.26. The van der Waals surface area contributed by atoms with Crippen molar-refractivity contribution in [2.45, 2.75) is 24.6 Å². The maximum absolute atomic E-state index is 12.4. The minimum Gasteiger partial charge on any atom is -0.206 e. The number of sulfonamides is 1. The molecule has 0 unspecified atom stereocenters. The topological polar surface area (TPSA) is 37.4 Å². The lowest BCUT2D eigenvalue weighted by Gasteiger charge is -2.17. The standard InChI is InChI=1S/C14H16BrNO2S2/c1-10-4-5-12(11(2)8-10)9-16(3)20(17,18)14-7-6-13(15)19-14/h4-8H,9H2,1-3H3. The first-order valence-corrected chi connectivity index (χ1v) is 9.13. The molecule has 3 nitrogen and oxygen atoms in total. The summed E-state index contributed by atoms with van der Waals surface area (Å²) in [6.45, 7) is 4.41. The Kier molecular flexibility index (Phi) is 4.69. The Morgan fingerprint density at radius 2 is 1.90 bits per heavy atom. The highest BCUT2D eigenvalue weighted by Gasteiger charge is 2.23. The zero-order valence-electron chi connectivity index (χ0n) is 11.6. The van der Waals surface area contributed by atoms with Crippen LogP contribution >= 0.6 is 27.3 Å². The number of nitrogens with zero attached hydrogens (tertiary/aromatic N) is 1. The minimum absolute atomic E-state index is 0.358. The van der Waals surface area contributed by atoms with Crippen LogP contribution in [0.5, 0.6) is 0 Å². The van der Waals surface area contributed by atoms with Crippen LogP contribution in [0.25, 0.3) is 0 Å². The number of hydrogen-bond acceptors (Lipinski definition) is 3. The monoisotopic (exact) mass is 373 g/mol. The SMILES string of the molecule is Cc1ccc(CN(C)S(=O)(=O)c2ccc(Br)s2)c(C)c1. The third kappa shape index (κ3) is 3.31. The molecule has 0 fully saturated rings. The molecule has 1 aromatic heterocycles. The number of aryl methyl sites for hydroxylation is 2. The average Bonchev–Trinajstić information content (AvgIpc) is 2.80. The van der Waals surface area contributed by atoms with Crippen LogP contribution in [0.1, 0.15) is 16.7 Å². The second kappa shape index (κ2) is 5.97.